The first-order valence-corrected chi connectivity index (χ1v) is 13.7. The summed E-state index contributed by atoms with van der Waals surface area (Å²) in [5.41, 5.74) is 2.96. The largest absolute Gasteiger partial charge is 0.496 e. The van der Waals surface area contributed by atoms with Crippen LogP contribution in [-0.2, 0) is 13.1 Å². The number of para-hydroxylation sites is 2. The van der Waals surface area contributed by atoms with E-state index in [4.69, 9.17) is 46.5 Å². The second-order valence-electron chi connectivity index (χ2n) is 9.39. The molecule has 11 heteroatoms. The molecular weight excluding hydrogens is 579 g/mol. The molecule has 0 N–H and O–H groups in total. The zero-order chi connectivity index (χ0) is 29.2. The Hall–Kier alpha value is -4.60. The number of benzene rings is 4. The van der Waals surface area contributed by atoms with E-state index in [2.05, 4.69) is 10.3 Å². The number of fused-ring (bicyclic) bond motifs is 2. The molecule has 0 aliphatic carbocycles. The van der Waals surface area contributed by atoms with Crippen molar-refractivity contribution >= 4 is 56.8 Å². The van der Waals surface area contributed by atoms with Crippen LogP contribution in [0.25, 0.3) is 21.9 Å². The third-order valence-corrected chi connectivity index (χ3v) is 7.66. The SMILES string of the molecule is COc1cc(OC)c(OC)cc1CN(c1noc2ccccc12)N(Cc1ccc(Cl)c(Cl)c1)c1noc2ccccc12. The second kappa shape index (κ2) is 11.7. The van der Waals surface area contributed by atoms with E-state index in [-0.39, 0.29) is 6.54 Å². The number of anilines is 2. The maximum absolute atomic E-state index is 6.44. The van der Waals surface area contributed by atoms with Gasteiger partial charge in [-0.3, -0.25) is 10.0 Å². The molecule has 0 aliphatic rings. The van der Waals surface area contributed by atoms with Crippen LogP contribution in [0.4, 0.5) is 11.6 Å². The Morgan fingerprint density at radius 2 is 1.17 bits per heavy atom. The molecule has 2 heterocycles. The van der Waals surface area contributed by atoms with Gasteiger partial charge < -0.3 is 23.3 Å². The first kappa shape index (κ1) is 27.6. The van der Waals surface area contributed by atoms with Gasteiger partial charge in [-0.25, -0.2) is 0 Å². The summed E-state index contributed by atoms with van der Waals surface area (Å²) < 4.78 is 28.5. The minimum absolute atomic E-state index is 0.280. The van der Waals surface area contributed by atoms with Gasteiger partial charge in [0.15, 0.2) is 34.3 Å². The molecule has 6 aromatic rings. The molecule has 0 unspecified atom stereocenters. The van der Waals surface area contributed by atoms with Crippen LogP contribution < -0.4 is 24.2 Å². The molecule has 2 aromatic heterocycles. The van der Waals surface area contributed by atoms with Crippen molar-refractivity contribution in [2.45, 2.75) is 13.1 Å². The average molecular weight is 605 g/mol. The van der Waals surface area contributed by atoms with Crippen molar-refractivity contribution in [3.8, 4) is 17.2 Å². The van der Waals surface area contributed by atoms with Crippen LogP contribution >= 0.6 is 23.2 Å². The maximum atomic E-state index is 6.44. The third-order valence-electron chi connectivity index (χ3n) is 6.92. The Balaban J connectivity index is 1.57. The van der Waals surface area contributed by atoms with E-state index in [1.54, 1.807) is 33.5 Å². The quantitative estimate of drug-likeness (QED) is 0.145. The molecule has 0 saturated heterocycles. The van der Waals surface area contributed by atoms with Crippen LogP contribution in [0.3, 0.4) is 0 Å². The lowest BCUT2D eigenvalue weighted by atomic mass is 10.1. The first-order valence-electron chi connectivity index (χ1n) is 13.0. The fourth-order valence-electron chi connectivity index (χ4n) is 4.85. The molecule has 42 heavy (non-hydrogen) atoms. The van der Waals surface area contributed by atoms with E-state index in [9.17, 15) is 0 Å². The van der Waals surface area contributed by atoms with Crippen LogP contribution in [0.2, 0.25) is 10.0 Å². The Labute approximate surface area is 251 Å². The highest BCUT2D eigenvalue weighted by Gasteiger charge is 2.29. The predicted molar refractivity (Wildman–Crippen MR) is 163 cm³/mol. The molecule has 4 aromatic carbocycles. The highest BCUT2D eigenvalue weighted by Crippen LogP contribution is 2.39. The second-order valence-corrected chi connectivity index (χ2v) is 10.2. The number of ether oxygens (including phenoxy) is 3. The Morgan fingerprint density at radius 3 is 1.74 bits per heavy atom. The molecule has 214 valence electrons. The highest BCUT2D eigenvalue weighted by molar-refractivity contribution is 6.42. The molecule has 6 rings (SSSR count). The zero-order valence-corrected chi connectivity index (χ0v) is 24.5. The van der Waals surface area contributed by atoms with Crippen molar-refractivity contribution in [2.24, 2.45) is 0 Å². The third kappa shape index (κ3) is 5.13. The summed E-state index contributed by atoms with van der Waals surface area (Å²) in [6.45, 7) is 0.618. The number of rotatable bonds is 10. The first-order chi connectivity index (χ1) is 20.5. The van der Waals surface area contributed by atoms with Gasteiger partial charge in [0.1, 0.15) is 5.75 Å². The number of hydrogen-bond donors (Lipinski definition) is 0. The number of hydrogen-bond acceptors (Lipinski definition) is 9. The summed E-state index contributed by atoms with van der Waals surface area (Å²) in [6.07, 6.45) is 0. The van der Waals surface area contributed by atoms with E-state index in [1.807, 2.05) is 76.7 Å². The van der Waals surface area contributed by atoms with Crippen molar-refractivity contribution in [2.75, 3.05) is 31.3 Å². The van der Waals surface area contributed by atoms with E-state index in [0.717, 1.165) is 21.9 Å². The smallest absolute Gasteiger partial charge is 0.198 e. The van der Waals surface area contributed by atoms with Crippen LogP contribution in [0.5, 0.6) is 17.2 Å². The van der Waals surface area contributed by atoms with Gasteiger partial charge in [0, 0.05) is 11.6 Å². The number of methoxy groups -OCH3 is 3. The number of hydrazine groups is 1. The lowest BCUT2D eigenvalue weighted by molar-refractivity contribution is 0.347. The van der Waals surface area contributed by atoms with Crippen molar-refractivity contribution < 1.29 is 23.3 Å². The fourth-order valence-corrected chi connectivity index (χ4v) is 5.18. The molecule has 0 spiro atoms. The van der Waals surface area contributed by atoms with Crippen LogP contribution in [-0.4, -0.2) is 31.6 Å². The molecule has 9 nitrogen and oxygen atoms in total. The van der Waals surface area contributed by atoms with Gasteiger partial charge in [-0.15, -0.1) is 0 Å². The zero-order valence-electron chi connectivity index (χ0n) is 23.0. The molecule has 0 radical (unpaired) electrons. The summed E-state index contributed by atoms with van der Waals surface area (Å²) in [6, 6.07) is 24.5. The van der Waals surface area contributed by atoms with Gasteiger partial charge >= 0.3 is 0 Å². The maximum Gasteiger partial charge on any atom is 0.198 e. The number of nitrogens with zero attached hydrogens (tertiary/aromatic N) is 4. The Morgan fingerprint density at radius 1 is 0.619 bits per heavy atom. The predicted octanol–water partition coefficient (Wildman–Crippen LogP) is 7.93. The van der Waals surface area contributed by atoms with Gasteiger partial charge in [0.2, 0.25) is 0 Å². The van der Waals surface area contributed by atoms with E-state index in [0.29, 0.717) is 56.6 Å². The molecule has 0 aliphatic heterocycles. The minimum atomic E-state index is 0.280. The standard InChI is InChI=1S/C31H26Cl2N4O5/c1-38-27-16-29(40-3)28(39-2)15-20(27)18-37(31-22-9-5-7-11-26(22)42-35-31)36(17-19-12-13-23(32)24(33)14-19)30-21-8-4-6-10-25(21)41-34-30/h4-16H,17-18H2,1-3H3. The van der Waals surface area contributed by atoms with Gasteiger partial charge in [-0.05, 0) is 48.0 Å². The minimum Gasteiger partial charge on any atom is -0.496 e. The van der Waals surface area contributed by atoms with Crippen LogP contribution in [0, 0.1) is 0 Å². The van der Waals surface area contributed by atoms with E-state index < -0.39 is 0 Å². The Kier molecular flexibility index (Phi) is 7.69. The van der Waals surface area contributed by atoms with Crippen LogP contribution in [0.1, 0.15) is 11.1 Å². The molecule has 0 saturated carbocycles. The van der Waals surface area contributed by atoms with Gasteiger partial charge in [-0.1, -0.05) is 63.8 Å². The van der Waals surface area contributed by atoms with E-state index in [1.165, 1.54) is 0 Å². The van der Waals surface area contributed by atoms with E-state index >= 15 is 0 Å². The van der Waals surface area contributed by atoms with Crippen LogP contribution in [0.15, 0.2) is 87.9 Å². The molecule has 0 atom stereocenters. The Bertz CT molecular complexity index is 1870. The highest BCUT2D eigenvalue weighted by atomic mass is 35.5. The van der Waals surface area contributed by atoms with Crippen molar-refractivity contribution in [1.29, 1.82) is 0 Å². The summed E-state index contributed by atoms with van der Waals surface area (Å²) in [7, 11) is 4.79. The van der Waals surface area contributed by atoms with Gasteiger partial charge in [0.25, 0.3) is 0 Å². The topological polar surface area (TPSA) is 86.2 Å². The normalized spacial score (nSPS) is 11.2. The summed E-state index contributed by atoms with van der Waals surface area (Å²) >= 11 is 12.7. The van der Waals surface area contributed by atoms with Gasteiger partial charge in [0.05, 0.1) is 55.2 Å². The van der Waals surface area contributed by atoms with Crippen molar-refractivity contribution in [1.82, 2.24) is 10.3 Å². The molecule has 0 bridgehead atoms. The number of aromatic nitrogens is 2. The van der Waals surface area contributed by atoms with Crippen molar-refractivity contribution in [3.05, 3.63) is 100 Å². The van der Waals surface area contributed by atoms with Gasteiger partial charge in [-0.2, -0.15) is 0 Å². The fraction of sp³-hybridized carbons (Fsp3) is 0.161. The molecular formula is C31H26Cl2N4O5. The summed E-state index contributed by atoms with van der Waals surface area (Å²) in [5, 5.41) is 15.5. The monoisotopic (exact) mass is 604 g/mol. The van der Waals surface area contributed by atoms with Crippen molar-refractivity contribution in [3.63, 3.8) is 0 Å². The summed E-state index contributed by atoms with van der Waals surface area (Å²) in [4.78, 5) is 0. The summed E-state index contributed by atoms with van der Waals surface area (Å²) in [5.74, 6) is 2.84. The number of halogens is 2. The average Bonchev–Trinajstić information content (AvgIpc) is 3.65. The lowest BCUT2D eigenvalue weighted by Gasteiger charge is -2.35. The lowest BCUT2D eigenvalue weighted by Crippen LogP contribution is -2.43. The molecule has 0 fully saturated rings. The molecule has 0 amide bonds.